The molecular formula is C19H14BrN3O2S2. The number of amidine groups is 1. The highest BCUT2D eigenvalue weighted by Crippen LogP contribution is 2.35. The summed E-state index contributed by atoms with van der Waals surface area (Å²) in [5.41, 5.74) is 1.93. The van der Waals surface area contributed by atoms with E-state index in [0.29, 0.717) is 32.2 Å². The second-order valence-electron chi connectivity index (χ2n) is 5.58. The van der Waals surface area contributed by atoms with E-state index in [1.807, 2.05) is 48.7 Å². The van der Waals surface area contributed by atoms with Gasteiger partial charge in [-0.1, -0.05) is 30.3 Å². The van der Waals surface area contributed by atoms with Crippen molar-refractivity contribution in [3.63, 3.8) is 0 Å². The molecule has 1 aliphatic heterocycles. The lowest BCUT2D eigenvalue weighted by atomic mass is 10.2. The third-order valence-corrected chi connectivity index (χ3v) is 5.99. The number of furan rings is 1. The fraction of sp³-hybridized carbons (Fsp3) is 0.105. The molecule has 2 aromatic heterocycles. The second kappa shape index (κ2) is 7.84. The normalized spacial score (nSPS) is 17.4. The zero-order valence-electron chi connectivity index (χ0n) is 14.3. The molecule has 0 aliphatic carbocycles. The Labute approximate surface area is 173 Å². The van der Waals surface area contributed by atoms with Gasteiger partial charge in [0.25, 0.3) is 5.91 Å². The van der Waals surface area contributed by atoms with Gasteiger partial charge in [0.2, 0.25) is 5.13 Å². The Bertz CT molecular complexity index is 1040. The molecule has 0 atom stereocenters. The van der Waals surface area contributed by atoms with Crippen LogP contribution in [0.5, 0.6) is 0 Å². The van der Waals surface area contributed by atoms with Gasteiger partial charge in [0, 0.05) is 23.6 Å². The zero-order valence-corrected chi connectivity index (χ0v) is 17.5. The summed E-state index contributed by atoms with van der Waals surface area (Å²) in [7, 11) is 0. The third-order valence-electron chi connectivity index (χ3n) is 3.82. The van der Waals surface area contributed by atoms with Gasteiger partial charge in [-0.05, 0) is 46.7 Å². The molecule has 1 saturated heterocycles. The maximum Gasteiger partial charge on any atom is 0.266 e. The summed E-state index contributed by atoms with van der Waals surface area (Å²) in [6.07, 6.45) is 1.74. The second-order valence-corrected chi connectivity index (χ2v) is 8.20. The summed E-state index contributed by atoms with van der Waals surface area (Å²) in [5.74, 6) is 0.546. The van der Waals surface area contributed by atoms with Crippen molar-refractivity contribution in [3.05, 3.63) is 63.2 Å². The molecule has 27 heavy (non-hydrogen) atoms. The standard InChI is InChI=1S/C19H14BrN3O2S2/c1-2-23-17(24)15(10-13-8-9-16(20)25-13)27-19(23)22-18-21-14(11-26-18)12-6-4-3-5-7-12/h3-11H,2H2,1H3/b15-10+,22-19+. The number of aliphatic imine (C=N–C) groups is 1. The minimum atomic E-state index is -0.0754. The molecule has 1 fully saturated rings. The van der Waals surface area contributed by atoms with Crippen molar-refractivity contribution in [2.75, 3.05) is 6.54 Å². The molecule has 1 amide bonds. The monoisotopic (exact) mass is 459 g/mol. The van der Waals surface area contributed by atoms with Gasteiger partial charge in [-0.25, -0.2) is 4.98 Å². The number of benzene rings is 1. The van der Waals surface area contributed by atoms with Crippen molar-refractivity contribution in [3.8, 4) is 11.3 Å². The fourth-order valence-electron chi connectivity index (χ4n) is 2.54. The van der Waals surface area contributed by atoms with Crippen LogP contribution in [0.1, 0.15) is 12.7 Å². The van der Waals surface area contributed by atoms with Crippen molar-refractivity contribution in [1.29, 1.82) is 0 Å². The molecule has 136 valence electrons. The first kappa shape index (κ1) is 18.2. The summed E-state index contributed by atoms with van der Waals surface area (Å²) < 4.78 is 6.10. The Balaban J connectivity index is 1.62. The van der Waals surface area contributed by atoms with Gasteiger partial charge in [0.15, 0.2) is 9.84 Å². The molecule has 0 saturated carbocycles. The average molecular weight is 460 g/mol. The smallest absolute Gasteiger partial charge is 0.266 e. The SMILES string of the molecule is CCN1C(=O)/C(=C\c2ccc(Br)o2)S/C1=N/c1nc(-c2ccccc2)cs1. The van der Waals surface area contributed by atoms with E-state index in [9.17, 15) is 4.79 Å². The van der Waals surface area contributed by atoms with Crippen LogP contribution in [0.4, 0.5) is 5.13 Å². The van der Waals surface area contributed by atoms with Crippen molar-refractivity contribution in [1.82, 2.24) is 9.88 Å². The Morgan fingerprint density at radius 3 is 2.78 bits per heavy atom. The number of hydrogen-bond donors (Lipinski definition) is 0. The predicted octanol–water partition coefficient (Wildman–Crippen LogP) is 5.79. The van der Waals surface area contributed by atoms with Crippen LogP contribution in [0.15, 0.2) is 66.8 Å². The number of aromatic nitrogens is 1. The largest absolute Gasteiger partial charge is 0.450 e. The maximum absolute atomic E-state index is 12.7. The molecule has 1 aliphatic rings. The van der Waals surface area contributed by atoms with Crippen molar-refractivity contribution < 1.29 is 9.21 Å². The number of nitrogens with zero attached hydrogens (tertiary/aromatic N) is 3. The summed E-state index contributed by atoms with van der Waals surface area (Å²) >= 11 is 6.06. The Hall–Kier alpha value is -2.16. The summed E-state index contributed by atoms with van der Waals surface area (Å²) in [5, 5.41) is 3.24. The van der Waals surface area contributed by atoms with Gasteiger partial charge >= 0.3 is 0 Å². The van der Waals surface area contributed by atoms with Crippen LogP contribution < -0.4 is 0 Å². The van der Waals surface area contributed by atoms with Crippen LogP contribution in [0.25, 0.3) is 17.3 Å². The topological polar surface area (TPSA) is 58.7 Å². The highest BCUT2D eigenvalue weighted by molar-refractivity contribution is 9.10. The van der Waals surface area contributed by atoms with E-state index in [2.05, 4.69) is 25.9 Å². The molecule has 4 rings (SSSR count). The van der Waals surface area contributed by atoms with Gasteiger partial charge < -0.3 is 4.42 Å². The summed E-state index contributed by atoms with van der Waals surface area (Å²) in [4.78, 5) is 24.1. The van der Waals surface area contributed by atoms with Crippen LogP contribution in [-0.2, 0) is 4.79 Å². The lowest BCUT2D eigenvalue weighted by Gasteiger charge is -2.11. The van der Waals surface area contributed by atoms with Gasteiger partial charge in [0.05, 0.1) is 10.6 Å². The number of hydrogen-bond acceptors (Lipinski definition) is 6. The van der Waals surface area contributed by atoms with Crippen molar-refractivity contribution in [2.24, 2.45) is 4.99 Å². The molecular weight excluding hydrogens is 446 g/mol. The Morgan fingerprint density at radius 2 is 2.07 bits per heavy atom. The molecule has 0 bridgehead atoms. The first-order valence-corrected chi connectivity index (χ1v) is 10.7. The molecule has 8 heteroatoms. The number of thioether (sulfide) groups is 1. The van der Waals surface area contributed by atoms with E-state index >= 15 is 0 Å². The third kappa shape index (κ3) is 3.92. The average Bonchev–Trinajstić information content (AvgIpc) is 3.37. The summed E-state index contributed by atoms with van der Waals surface area (Å²) in [6.45, 7) is 2.47. The number of amides is 1. The number of carbonyl (C=O) groups excluding carboxylic acids is 1. The lowest BCUT2D eigenvalue weighted by molar-refractivity contribution is -0.122. The van der Waals surface area contributed by atoms with E-state index in [1.165, 1.54) is 23.1 Å². The van der Waals surface area contributed by atoms with Gasteiger partial charge in [0.1, 0.15) is 5.76 Å². The van der Waals surface area contributed by atoms with E-state index in [0.717, 1.165) is 11.3 Å². The molecule has 0 unspecified atom stereocenters. The number of halogens is 1. The predicted molar refractivity (Wildman–Crippen MR) is 114 cm³/mol. The van der Waals surface area contributed by atoms with Crippen LogP contribution >= 0.6 is 39.0 Å². The first-order valence-electron chi connectivity index (χ1n) is 8.20. The van der Waals surface area contributed by atoms with Crippen molar-refractivity contribution >= 4 is 61.3 Å². The van der Waals surface area contributed by atoms with E-state index in [1.54, 1.807) is 17.0 Å². The molecule has 3 aromatic rings. The zero-order chi connectivity index (χ0) is 18.8. The molecule has 0 spiro atoms. The minimum absolute atomic E-state index is 0.0754. The maximum atomic E-state index is 12.7. The van der Waals surface area contributed by atoms with E-state index < -0.39 is 0 Å². The highest BCUT2D eigenvalue weighted by Gasteiger charge is 2.32. The fourth-order valence-corrected chi connectivity index (χ4v) is 4.64. The lowest BCUT2D eigenvalue weighted by Crippen LogP contribution is -2.28. The highest BCUT2D eigenvalue weighted by atomic mass is 79.9. The number of rotatable bonds is 4. The van der Waals surface area contributed by atoms with E-state index in [-0.39, 0.29) is 5.91 Å². The molecule has 1 aromatic carbocycles. The minimum Gasteiger partial charge on any atom is -0.450 e. The number of likely N-dealkylation sites (N-methyl/N-ethyl adjacent to an activating group) is 1. The first-order chi connectivity index (χ1) is 13.1. The molecule has 3 heterocycles. The van der Waals surface area contributed by atoms with E-state index in [4.69, 9.17) is 4.42 Å². The summed E-state index contributed by atoms with van der Waals surface area (Å²) in [6, 6.07) is 13.6. The Kier molecular flexibility index (Phi) is 5.29. The Morgan fingerprint density at radius 1 is 1.26 bits per heavy atom. The van der Waals surface area contributed by atoms with Gasteiger partial charge in [-0.15, -0.1) is 11.3 Å². The molecule has 0 N–H and O–H groups in total. The van der Waals surface area contributed by atoms with Gasteiger partial charge in [-0.2, -0.15) is 4.99 Å². The van der Waals surface area contributed by atoms with Crippen LogP contribution in [0, 0.1) is 0 Å². The van der Waals surface area contributed by atoms with Gasteiger partial charge in [-0.3, -0.25) is 9.69 Å². The van der Waals surface area contributed by atoms with Crippen LogP contribution in [0.3, 0.4) is 0 Å². The molecule has 0 radical (unpaired) electrons. The van der Waals surface area contributed by atoms with Crippen molar-refractivity contribution in [2.45, 2.75) is 6.92 Å². The number of thiazole rings is 1. The van der Waals surface area contributed by atoms with Crippen LogP contribution in [0.2, 0.25) is 0 Å². The quantitative estimate of drug-likeness (QED) is 0.463. The molecule has 5 nitrogen and oxygen atoms in total. The number of carbonyl (C=O) groups is 1. The van der Waals surface area contributed by atoms with Crippen LogP contribution in [-0.4, -0.2) is 27.5 Å².